The first-order chi connectivity index (χ1) is 3.06. The molecule has 0 heterocycles. The molecular weight excluding hydrogens is 120 g/mol. The van der Waals surface area contributed by atoms with E-state index in [2.05, 4.69) is 25.8 Å². The molecule has 0 N–H and O–H groups in total. The molecule has 0 aromatic rings. The van der Waals surface area contributed by atoms with E-state index in [1.807, 2.05) is 0 Å². The molecule has 0 saturated heterocycles. The zero-order valence-corrected chi connectivity index (χ0v) is 7.35. The summed E-state index contributed by atoms with van der Waals surface area (Å²) in [5.41, 5.74) is 0. The minimum Gasteiger partial charge on any atom is -0.607 e. The Morgan fingerprint density at radius 3 is 1.86 bits per heavy atom. The van der Waals surface area contributed by atoms with Gasteiger partial charge in [0.1, 0.15) is 0 Å². The Hall–Kier alpha value is 0.104. The summed E-state index contributed by atoms with van der Waals surface area (Å²) >= 11 is 0. The van der Waals surface area contributed by atoms with Crippen molar-refractivity contribution in [2.45, 2.75) is 19.6 Å². The van der Waals surface area contributed by atoms with Crippen molar-refractivity contribution in [1.29, 1.82) is 0 Å². The molecule has 0 aliphatic carbocycles. The molecular formula is C4H12OSi2. The summed E-state index contributed by atoms with van der Waals surface area (Å²) in [6, 6.07) is 0. The number of hydrogen-bond acceptors (Lipinski definition) is 1. The largest absolute Gasteiger partial charge is 0.607 e. The van der Waals surface area contributed by atoms with Crippen LogP contribution < -0.4 is 0 Å². The van der Waals surface area contributed by atoms with Crippen LogP contribution in [0.3, 0.4) is 0 Å². The summed E-state index contributed by atoms with van der Waals surface area (Å²) in [5, 5.41) is 0. The summed E-state index contributed by atoms with van der Waals surface area (Å²) in [5.74, 6) is 0. The monoisotopic (exact) mass is 132 g/mol. The van der Waals surface area contributed by atoms with Gasteiger partial charge in [0.25, 0.3) is 0 Å². The summed E-state index contributed by atoms with van der Waals surface area (Å²) in [6.07, 6.45) is 3.67. The molecule has 0 atom stereocenters. The van der Waals surface area contributed by atoms with Gasteiger partial charge in [0.05, 0.1) is 0 Å². The molecule has 0 bridgehead atoms. The molecule has 3 heteroatoms. The van der Waals surface area contributed by atoms with Gasteiger partial charge in [-0.15, -0.1) is 0 Å². The standard InChI is InChI=1S/C4H12OSi2/c1-6-5-7(2,3)4/h6H,1H2,2-4H3. The van der Waals surface area contributed by atoms with Gasteiger partial charge in [0.2, 0.25) is 8.32 Å². The van der Waals surface area contributed by atoms with Crippen LogP contribution >= 0.6 is 0 Å². The molecule has 0 aliphatic heterocycles. The van der Waals surface area contributed by atoms with Gasteiger partial charge in [-0.2, -0.15) is 0 Å². The predicted octanol–water partition coefficient (Wildman–Crippen LogP) is 0.621. The molecule has 0 amide bonds. The predicted molar refractivity (Wildman–Crippen MR) is 38.7 cm³/mol. The fourth-order valence-electron chi connectivity index (χ4n) is 0.250. The highest BCUT2D eigenvalue weighted by atomic mass is 28.4. The van der Waals surface area contributed by atoms with Gasteiger partial charge in [0.15, 0.2) is 9.38 Å². The van der Waals surface area contributed by atoms with Gasteiger partial charge in [-0.3, -0.25) is 0 Å². The maximum atomic E-state index is 5.34. The second-order valence-electron chi connectivity index (χ2n) is 2.40. The average Bonchev–Trinajstić information content (AvgIpc) is 1.30. The van der Waals surface area contributed by atoms with Gasteiger partial charge in [-0.1, -0.05) is 6.17 Å². The fourth-order valence-corrected chi connectivity index (χ4v) is 2.25. The van der Waals surface area contributed by atoms with Crippen molar-refractivity contribution >= 4 is 23.9 Å². The molecule has 0 rings (SSSR count). The van der Waals surface area contributed by atoms with E-state index in [4.69, 9.17) is 4.12 Å². The first-order valence-electron chi connectivity index (χ1n) is 2.35. The molecule has 0 radical (unpaired) electrons. The lowest BCUT2D eigenvalue weighted by Gasteiger charge is -2.14. The van der Waals surface area contributed by atoms with Crippen molar-refractivity contribution in [3.05, 3.63) is 0 Å². The quantitative estimate of drug-likeness (QED) is 0.501. The van der Waals surface area contributed by atoms with Crippen LogP contribution in [0.4, 0.5) is 0 Å². The van der Waals surface area contributed by atoms with E-state index in [0.29, 0.717) is 0 Å². The Balaban J connectivity index is 3.34. The van der Waals surface area contributed by atoms with E-state index in [1.165, 1.54) is 0 Å². The Morgan fingerprint density at radius 2 is 1.86 bits per heavy atom. The van der Waals surface area contributed by atoms with Crippen molar-refractivity contribution in [2.75, 3.05) is 0 Å². The maximum absolute atomic E-state index is 5.34. The lowest BCUT2D eigenvalue weighted by molar-refractivity contribution is 0.616. The normalized spacial score (nSPS) is 10.7. The number of hydrogen-bond donors (Lipinski definition) is 0. The van der Waals surface area contributed by atoms with E-state index in [9.17, 15) is 0 Å². The van der Waals surface area contributed by atoms with Gasteiger partial charge in [-0.25, -0.2) is 0 Å². The molecule has 7 heavy (non-hydrogen) atoms. The van der Waals surface area contributed by atoms with E-state index in [0.717, 1.165) is 0 Å². The highest BCUT2D eigenvalue weighted by Gasteiger charge is 2.10. The van der Waals surface area contributed by atoms with Crippen LogP contribution in [-0.4, -0.2) is 23.9 Å². The van der Waals surface area contributed by atoms with Crippen LogP contribution in [0.5, 0.6) is 0 Å². The lowest BCUT2D eigenvalue weighted by atomic mass is 11.8. The Kier molecular flexibility index (Phi) is 2.46. The first kappa shape index (κ1) is 7.10. The third-order valence-electron chi connectivity index (χ3n) is 0.437. The van der Waals surface area contributed by atoms with Gasteiger partial charge in [-0.05, 0) is 19.6 Å². The smallest absolute Gasteiger partial charge is 0.222 e. The Morgan fingerprint density at radius 1 is 1.43 bits per heavy atom. The topological polar surface area (TPSA) is 9.23 Å². The van der Waals surface area contributed by atoms with E-state index >= 15 is 0 Å². The highest BCUT2D eigenvalue weighted by Crippen LogP contribution is 1.97. The summed E-state index contributed by atoms with van der Waals surface area (Å²) in [6.45, 7) is 6.52. The molecule has 0 aromatic carbocycles. The van der Waals surface area contributed by atoms with Gasteiger partial charge in [0, 0.05) is 0 Å². The molecule has 0 unspecified atom stereocenters. The molecule has 0 fully saturated rings. The minimum absolute atomic E-state index is 0.0212. The molecule has 0 spiro atoms. The van der Waals surface area contributed by atoms with Crippen molar-refractivity contribution in [3.63, 3.8) is 0 Å². The zero-order valence-electron chi connectivity index (χ0n) is 5.19. The van der Waals surface area contributed by atoms with E-state index in [-0.39, 0.29) is 9.38 Å². The second kappa shape index (κ2) is 2.42. The van der Waals surface area contributed by atoms with Crippen molar-refractivity contribution in [3.8, 4) is 0 Å². The van der Waals surface area contributed by atoms with E-state index in [1.54, 1.807) is 0 Å². The lowest BCUT2D eigenvalue weighted by Crippen LogP contribution is -2.24. The van der Waals surface area contributed by atoms with Gasteiger partial charge >= 0.3 is 0 Å². The molecule has 0 aromatic heterocycles. The second-order valence-corrected chi connectivity index (χ2v) is 7.90. The van der Waals surface area contributed by atoms with Crippen LogP contribution in [-0.2, 0) is 4.12 Å². The average molecular weight is 132 g/mol. The Labute approximate surface area is 48.4 Å². The van der Waals surface area contributed by atoms with Crippen LogP contribution in [0.25, 0.3) is 0 Å². The third kappa shape index (κ3) is 6.10. The molecule has 0 aliphatic rings. The maximum Gasteiger partial charge on any atom is 0.222 e. The summed E-state index contributed by atoms with van der Waals surface area (Å²) in [4.78, 5) is 0. The summed E-state index contributed by atoms with van der Waals surface area (Å²) < 4.78 is 5.34. The minimum atomic E-state index is -1.18. The third-order valence-corrected chi connectivity index (χ3v) is 3.93. The Bertz CT molecular complexity index is 64.6. The van der Waals surface area contributed by atoms with Crippen LogP contribution in [0, 0.1) is 0 Å². The molecule has 1 nitrogen and oxygen atoms in total. The van der Waals surface area contributed by atoms with Crippen LogP contribution in [0.15, 0.2) is 0 Å². The SMILES string of the molecule is C=[SiH]O[Si](C)(C)C. The van der Waals surface area contributed by atoms with Crippen molar-refractivity contribution in [2.24, 2.45) is 0 Å². The van der Waals surface area contributed by atoms with E-state index < -0.39 is 8.32 Å². The molecule has 42 valence electrons. The summed E-state index contributed by atoms with van der Waals surface area (Å²) in [7, 11) is -1.16. The zero-order chi connectivity index (χ0) is 5.91. The van der Waals surface area contributed by atoms with Crippen molar-refractivity contribution < 1.29 is 4.12 Å². The van der Waals surface area contributed by atoms with Crippen molar-refractivity contribution in [1.82, 2.24) is 0 Å². The number of rotatable bonds is 2. The highest BCUT2D eigenvalue weighted by molar-refractivity contribution is 6.74. The fraction of sp³-hybridized carbons (Fsp3) is 0.750. The first-order valence-corrected chi connectivity index (χ1v) is 7.04. The molecule has 0 saturated carbocycles. The van der Waals surface area contributed by atoms with Gasteiger partial charge < -0.3 is 4.12 Å². The van der Waals surface area contributed by atoms with Crippen LogP contribution in [0.2, 0.25) is 19.6 Å². The van der Waals surface area contributed by atoms with Crippen LogP contribution in [0.1, 0.15) is 0 Å².